The summed E-state index contributed by atoms with van der Waals surface area (Å²) >= 11 is 5.18. The van der Waals surface area contributed by atoms with E-state index in [1.807, 2.05) is 12.3 Å². The van der Waals surface area contributed by atoms with E-state index in [9.17, 15) is 0 Å². The molecule has 0 bridgehead atoms. The first kappa shape index (κ1) is 10.9. The lowest BCUT2D eigenvalue weighted by Gasteiger charge is -1.99. The van der Waals surface area contributed by atoms with Crippen LogP contribution in [0.25, 0.3) is 11.0 Å². The number of hydrogen-bond acceptors (Lipinski definition) is 2. The quantitative estimate of drug-likeness (QED) is 0.756. The van der Waals surface area contributed by atoms with E-state index >= 15 is 0 Å². The largest absolute Gasteiger partial charge is 0.345 e. The van der Waals surface area contributed by atoms with Gasteiger partial charge in [0.05, 0.1) is 0 Å². The van der Waals surface area contributed by atoms with Crippen LogP contribution in [0, 0.1) is 0 Å². The summed E-state index contributed by atoms with van der Waals surface area (Å²) in [6, 6.07) is 12.3. The van der Waals surface area contributed by atoms with Crippen LogP contribution < -0.4 is 0 Å². The predicted octanol–water partition coefficient (Wildman–Crippen LogP) is 4.48. The number of nitrogens with one attached hydrogen (secondary N) is 1. The van der Waals surface area contributed by atoms with Gasteiger partial charge in [-0.3, -0.25) is 0 Å². The van der Waals surface area contributed by atoms with E-state index in [0.29, 0.717) is 0 Å². The standard InChI is InChI=1S/C13H9BrN2S/c14-9-3-5-10(6-4-9)17-12-8-16-13-11(12)2-1-7-15-13/h1-8H,(H,15,16). The smallest absolute Gasteiger partial charge is 0.138 e. The molecule has 0 fully saturated rings. The van der Waals surface area contributed by atoms with Gasteiger partial charge in [-0.1, -0.05) is 27.7 Å². The normalized spacial score (nSPS) is 10.9. The Balaban J connectivity index is 1.97. The Hall–Kier alpha value is -1.26. The van der Waals surface area contributed by atoms with E-state index in [4.69, 9.17) is 0 Å². The number of aromatic amines is 1. The lowest BCUT2D eigenvalue weighted by atomic mass is 10.3. The number of fused-ring (bicyclic) bond motifs is 1. The molecule has 0 unspecified atom stereocenters. The van der Waals surface area contributed by atoms with Crippen LogP contribution in [0.3, 0.4) is 0 Å². The van der Waals surface area contributed by atoms with Crippen LogP contribution in [0.2, 0.25) is 0 Å². The molecule has 1 N–H and O–H groups in total. The summed E-state index contributed by atoms with van der Waals surface area (Å²) in [6.07, 6.45) is 3.80. The van der Waals surface area contributed by atoms with E-state index in [0.717, 1.165) is 10.1 Å². The Labute approximate surface area is 112 Å². The molecule has 2 nitrogen and oxygen atoms in total. The second kappa shape index (κ2) is 4.55. The first-order valence-corrected chi connectivity index (χ1v) is 6.79. The Kier molecular flexibility index (Phi) is 2.91. The van der Waals surface area contributed by atoms with Crippen molar-refractivity contribution in [3.05, 3.63) is 53.3 Å². The molecular weight excluding hydrogens is 296 g/mol. The van der Waals surface area contributed by atoms with Crippen LogP contribution in [-0.2, 0) is 0 Å². The zero-order chi connectivity index (χ0) is 11.7. The number of hydrogen-bond donors (Lipinski definition) is 1. The molecule has 0 saturated heterocycles. The molecule has 0 spiro atoms. The van der Waals surface area contributed by atoms with Gasteiger partial charge in [0.2, 0.25) is 0 Å². The van der Waals surface area contributed by atoms with Crippen molar-refractivity contribution in [3.8, 4) is 0 Å². The topological polar surface area (TPSA) is 28.7 Å². The highest BCUT2D eigenvalue weighted by molar-refractivity contribution is 9.10. The minimum atomic E-state index is 0.937. The maximum Gasteiger partial charge on any atom is 0.138 e. The molecule has 0 aliphatic carbocycles. The highest BCUT2D eigenvalue weighted by atomic mass is 79.9. The molecule has 1 aromatic carbocycles. The number of H-pyrrole nitrogens is 1. The fourth-order valence-corrected chi connectivity index (χ4v) is 2.83. The first-order valence-electron chi connectivity index (χ1n) is 5.18. The Morgan fingerprint density at radius 2 is 1.94 bits per heavy atom. The Bertz CT molecular complexity index is 646. The van der Waals surface area contributed by atoms with Crippen molar-refractivity contribution in [1.29, 1.82) is 0 Å². The zero-order valence-electron chi connectivity index (χ0n) is 8.85. The number of aromatic nitrogens is 2. The maximum absolute atomic E-state index is 4.28. The summed E-state index contributed by atoms with van der Waals surface area (Å²) < 4.78 is 1.10. The molecule has 0 radical (unpaired) electrons. The van der Waals surface area contributed by atoms with Crippen LogP contribution >= 0.6 is 27.7 Å². The minimum absolute atomic E-state index is 0.937. The molecule has 2 heterocycles. The van der Waals surface area contributed by atoms with Gasteiger partial charge in [-0.2, -0.15) is 0 Å². The first-order chi connectivity index (χ1) is 8.33. The molecule has 2 aromatic heterocycles. The molecule has 17 heavy (non-hydrogen) atoms. The third-order valence-electron chi connectivity index (χ3n) is 2.45. The van der Waals surface area contributed by atoms with E-state index in [1.165, 1.54) is 15.2 Å². The average molecular weight is 305 g/mol. The molecule has 3 aromatic rings. The van der Waals surface area contributed by atoms with Crippen molar-refractivity contribution < 1.29 is 0 Å². The van der Waals surface area contributed by atoms with Gasteiger partial charge in [-0.15, -0.1) is 0 Å². The van der Waals surface area contributed by atoms with E-state index in [1.54, 1.807) is 18.0 Å². The Morgan fingerprint density at radius 1 is 1.12 bits per heavy atom. The fraction of sp³-hybridized carbons (Fsp3) is 0. The molecule has 0 saturated carbocycles. The van der Waals surface area contributed by atoms with Crippen LogP contribution in [0.4, 0.5) is 0 Å². The van der Waals surface area contributed by atoms with Crippen molar-refractivity contribution >= 4 is 38.7 Å². The van der Waals surface area contributed by atoms with Gasteiger partial charge in [0, 0.05) is 32.0 Å². The predicted molar refractivity (Wildman–Crippen MR) is 74.4 cm³/mol. The summed E-state index contributed by atoms with van der Waals surface area (Å²) in [4.78, 5) is 9.88. The highest BCUT2D eigenvalue weighted by Gasteiger charge is 2.05. The minimum Gasteiger partial charge on any atom is -0.345 e. The number of nitrogens with zero attached hydrogens (tertiary/aromatic N) is 1. The van der Waals surface area contributed by atoms with Crippen LogP contribution in [0.5, 0.6) is 0 Å². The zero-order valence-corrected chi connectivity index (χ0v) is 11.3. The van der Waals surface area contributed by atoms with Crippen molar-refractivity contribution in [2.45, 2.75) is 9.79 Å². The van der Waals surface area contributed by atoms with Gasteiger partial charge in [0.25, 0.3) is 0 Å². The SMILES string of the molecule is Brc1ccc(Sc2c[nH]c3ncccc23)cc1. The van der Waals surface area contributed by atoms with Gasteiger partial charge in [-0.25, -0.2) is 4.98 Å². The summed E-state index contributed by atoms with van der Waals surface area (Å²) in [6.45, 7) is 0. The van der Waals surface area contributed by atoms with Gasteiger partial charge < -0.3 is 4.98 Å². The average Bonchev–Trinajstić information content (AvgIpc) is 2.76. The van der Waals surface area contributed by atoms with E-state index < -0.39 is 0 Å². The number of rotatable bonds is 2. The molecule has 84 valence electrons. The highest BCUT2D eigenvalue weighted by Crippen LogP contribution is 2.33. The molecule has 0 aliphatic heterocycles. The second-order valence-corrected chi connectivity index (χ2v) is 5.64. The van der Waals surface area contributed by atoms with Crippen molar-refractivity contribution in [2.75, 3.05) is 0 Å². The van der Waals surface area contributed by atoms with Crippen LogP contribution in [-0.4, -0.2) is 9.97 Å². The van der Waals surface area contributed by atoms with Gasteiger partial charge >= 0.3 is 0 Å². The van der Waals surface area contributed by atoms with E-state index in [-0.39, 0.29) is 0 Å². The van der Waals surface area contributed by atoms with Crippen LogP contribution in [0.15, 0.2) is 63.1 Å². The molecule has 0 aliphatic rings. The molecular formula is C13H9BrN2S. The Morgan fingerprint density at radius 3 is 2.76 bits per heavy atom. The summed E-state index contributed by atoms with van der Waals surface area (Å²) in [5.74, 6) is 0. The van der Waals surface area contributed by atoms with Crippen molar-refractivity contribution in [1.82, 2.24) is 9.97 Å². The van der Waals surface area contributed by atoms with Gasteiger partial charge in [0.15, 0.2) is 0 Å². The molecule has 3 rings (SSSR count). The summed E-state index contributed by atoms with van der Waals surface area (Å²) in [5, 5.41) is 1.17. The third kappa shape index (κ3) is 2.23. The third-order valence-corrected chi connectivity index (χ3v) is 4.05. The lowest BCUT2D eigenvalue weighted by molar-refractivity contribution is 1.32. The second-order valence-electron chi connectivity index (χ2n) is 3.61. The number of benzene rings is 1. The monoisotopic (exact) mass is 304 g/mol. The maximum atomic E-state index is 4.28. The number of halogens is 1. The number of pyridine rings is 1. The molecule has 0 amide bonds. The van der Waals surface area contributed by atoms with Crippen molar-refractivity contribution in [3.63, 3.8) is 0 Å². The van der Waals surface area contributed by atoms with Crippen LogP contribution in [0.1, 0.15) is 0 Å². The van der Waals surface area contributed by atoms with Gasteiger partial charge in [-0.05, 0) is 36.4 Å². The fourth-order valence-electron chi connectivity index (χ4n) is 1.64. The molecule has 0 atom stereocenters. The lowest BCUT2D eigenvalue weighted by Crippen LogP contribution is -1.74. The summed E-state index contributed by atoms with van der Waals surface area (Å²) in [7, 11) is 0. The summed E-state index contributed by atoms with van der Waals surface area (Å²) in [5.41, 5.74) is 0.937. The van der Waals surface area contributed by atoms with Crippen molar-refractivity contribution in [2.24, 2.45) is 0 Å². The molecule has 4 heteroatoms. The van der Waals surface area contributed by atoms with E-state index in [2.05, 4.69) is 56.2 Å². The van der Waals surface area contributed by atoms with Gasteiger partial charge in [0.1, 0.15) is 5.65 Å².